The smallest absolute Gasteiger partial charge is 0.261 e. The molecule has 5 rings (SSSR count). The lowest BCUT2D eigenvalue weighted by Crippen LogP contribution is -2.19. The van der Waals surface area contributed by atoms with E-state index in [9.17, 15) is 14.0 Å². The molecule has 0 spiro atoms. The van der Waals surface area contributed by atoms with E-state index in [2.05, 4.69) is 20.6 Å². The Morgan fingerprint density at radius 2 is 1.81 bits per heavy atom. The van der Waals surface area contributed by atoms with E-state index in [0.29, 0.717) is 33.7 Å². The first-order valence-corrected chi connectivity index (χ1v) is 11.5. The van der Waals surface area contributed by atoms with Gasteiger partial charge in [-0.1, -0.05) is 30.3 Å². The van der Waals surface area contributed by atoms with Crippen molar-refractivity contribution >= 4 is 34.0 Å². The number of anilines is 3. The van der Waals surface area contributed by atoms with Crippen molar-refractivity contribution in [2.75, 3.05) is 10.6 Å². The van der Waals surface area contributed by atoms with Crippen molar-refractivity contribution < 1.29 is 9.18 Å². The van der Waals surface area contributed by atoms with E-state index in [1.807, 2.05) is 42.5 Å². The van der Waals surface area contributed by atoms with Gasteiger partial charge < -0.3 is 20.2 Å². The molecule has 180 valence electrons. The number of para-hydroxylation sites is 1. The van der Waals surface area contributed by atoms with Crippen molar-refractivity contribution in [3.8, 4) is 11.3 Å². The zero-order valence-corrected chi connectivity index (χ0v) is 19.7. The number of carbonyl (C=O) groups is 1. The second-order valence-corrected chi connectivity index (χ2v) is 8.58. The lowest BCUT2D eigenvalue weighted by Gasteiger charge is -2.13. The molecular weight excluding hydrogens is 457 g/mol. The first-order chi connectivity index (χ1) is 17.4. The highest BCUT2D eigenvalue weighted by Crippen LogP contribution is 2.36. The van der Waals surface area contributed by atoms with Gasteiger partial charge in [-0.05, 0) is 55.0 Å². The molecule has 0 saturated heterocycles. The predicted molar refractivity (Wildman–Crippen MR) is 140 cm³/mol. The summed E-state index contributed by atoms with van der Waals surface area (Å²) in [4.78, 5) is 33.6. The number of nitrogens with one attached hydrogen (secondary N) is 3. The van der Waals surface area contributed by atoms with Crippen LogP contribution in [-0.2, 0) is 11.8 Å². The molecule has 0 aliphatic carbocycles. The number of aromatic amines is 1. The SMILES string of the molecule is C[C@@H](C(=O)Nc1cc(-c2[nH]c3ccn(C)c(=O)c3c2Nc2ccccc2)ccn1)c1ccc(F)cc1. The number of carbonyl (C=O) groups excluding carboxylic acids is 1. The fraction of sp³-hybridized carbons (Fsp3) is 0.107. The number of halogens is 1. The maximum atomic E-state index is 13.3. The summed E-state index contributed by atoms with van der Waals surface area (Å²) >= 11 is 0. The number of aryl methyl sites for hydroxylation is 1. The standard InChI is InChI=1S/C28H24FN5O2/c1-17(18-8-10-20(29)11-9-18)27(35)33-23-16-19(12-14-30-23)25-26(31-21-6-4-3-5-7-21)24-22(32-25)13-15-34(2)28(24)36/h3-17,31-32H,1-2H3,(H,30,33,35)/t17-/m1/s1. The van der Waals surface area contributed by atoms with Crippen molar-refractivity contribution in [2.45, 2.75) is 12.8 Å². The first kappa shape index (κ1) is 23.0. The van der Waals surface area contributed by atoms with E-state index in [-0.39, 0.29) is 17.3 Å². The molecule has 36 heavy (non-hydrogen) atoms. The molecule has 0 saturated carbocycles. The van der Waals surface area contributed by atoms with Crippen LogP contribution in [0.25, 0.3) is 22.2 Å². The number of amides is 1. The summed E-state index contributed by atoms with van der Waals surface area (Å²) in [6, 6.07) is 20.9. The van der Waals surface area contributed by atoms with Crippen LogP contribution in [0.2, 0.25) is 0 Å². The minimum Gasteiger partial charge on any atom is -0.353 e. The molecule has 5 aromatic rings. The number of fused-ring (bicyclic) bond motifs is 1. The van der Waals surface area contributed by atoms with Crippen molar-refractivity contribution in [3.63, 3.8) is 0 Å². The summed E-state index contributed by atoms with van der Waals surface area (Å²) in [6.45, 7) is 1.75. The number of rotatable bonds is 6. The Bertz CT molecular complexity index is 1610. The summed E-state index contributed by atoms with van der Waals surface area (Å²) < 4.78 is 14.8. The van der Waals surface area contributed by atoms with Crippen LogP contribution in [0.4, 0.5) is 21.6 Å². The lowest BCUT2D eigenvalue weighted by molar-refractivity contribution is -0.117. The van der Waals surface area contributed by atoms with E-state index < -0.39 is 5.92 Å². The van der Waals surface area contributed by atoms with Crippen LogP contribution in [0.5, 0.6) is 0 Å². The summed E-state index contributed by atoms with van der Waals surface area (Å²) in [7, 11) is 1.71. The molecule has 0 fully saturated rings. The topological polar surface area (TPSA) is 91.8 Å². The molecule has 2 aromatic carbocycles. The van der Waals surface area contributed by atoms with E-state index in [1.54, 1.807) is 44.6 Å². The van der Waals surface area contributed by atoms with E-state index in [4.69, 9.17) is 0 Å². The number of pyridine rings is 2. The molecule has 0 aliphatic rings. The van der Waals surface area contributed by atoms with E-state index in [1.165, 1.54) is 16.7 Å². The number of hydrogen-bond donors (Lipinski definition) is 3. The number of benzene rings is 2. The fourth-order valence-electron chi connectivity index (χ4n) is 4.10. The minimum absolute atomic E-state index is 0.135. The molecule has 3 heterocycles. The maximum absolute atomic E-state index is 13.3. The van der Waals surface area contributed by atoms with Gasteiger partial charge in [-0.2, -0.15) is 0 Å². The van der Waals surface area contributed by atoms with Crippen molar-refractivity contribution in [3.05, 3.63) is 107 Å². The van der Waals surface area contributed by atoms with Gasteiger partial charge in [0.05, 0.1) is 28.2 Å². The van der Waals surface area contributed by atoms with Crippen LogP contribution in [0.15, 0.2) is 90.0 Å². The van der Waals surface area contributed by atoms with Crippen LogP contribution in [0, 0.1) is 5.82 Å². The van der Waals surface area contributed by atoms with Gasteiger partial charge in [0.1, 0.15) is 11.6 Å². The van der Waals surface area contributed by atoms with Crippen LogP contribution >= 0.6 is 0 Å². The third-order valence-corrected chi connectivity index (χ3v) is 6.13. The molecule has 0 unspecified atom stereocenters. The quantitative estimate of drug-likeness (QED) is 0.296. The first-order valence-electron chi connectivity index (χ1n) is 11.5. The third kappa shape index (κ3) is 4.48. The van der Waals surface area contributed by atoms with Gasteiger partial charge in [-0.25, -0.2) is 9.37 Å². The highest BCUT2D eigenvalue weighted by molar-refractivity contribution is 6.02. The Balaban J connectivity index is 1.52. The molecule has 0 aliphatic heterocycles. The Hall–Kier alpha value is -4.72. The summed E-state index contributed by atoms with van der Waals surface area (Å²) in [5.41, 5.74) is 4.17. The van der Waals surface area contributed by atoms with E-state index in [0.717, 1.165) is 11.3 Å². The summed E-state index contributed by atoms with van der Waals surface area (Å²) in [5, 5.41) is 6.76. The zero-order chi connectivity index (χ0) is 25.2. The van der Waals surface area contributed by atoms with Gasteiger partial charge >= 0.3 is 0 Å². The second kappa shape index (κ2) is 9.50. The number of H-pyrrole nitrogens is 1. The second-order valence-electron chi connectivity index (χ2n) is 8.58. The molecule has 3 N–H and O–H groups in total. The third-order valence-electron chi connectivity index (χ3n) is 6.13. The lowest BCUT2D eigenvalue weighted by atomic mass is 10.0. The van der Waals surface area contributed by atoms with Gasteiger partial charge in [-0.3, -0.25) is 9.59 Å². The van der Waals surface area contributed by atoms with E-state index >= 15 is 0 Å². The highest BCUT2D eigenvalue weighted by atomic mass is 19.1. The van der Waals surface area contributed by atoms with Crippen molar-refractivity contribution in [1.29, 1.82) is 0 Å². The van der Waals surface area contributed by atoms with Gasteiger partial charge in [0.15, 0.2) is 0 Å². The molecule has 1 amide bonds. The van der Waals surface area contributed by atoms with Crippen LogP contribution in [0.3, 0.4) is 0 Å². The molecular formula is C28H24FN5O2. The maximum Gasteiger partial charge on any atom is 0.261 e. The monoisotopic (exact) mass is 481 g/mol. The average molecular weight is 482 g/mol. The summed E-state index contributed by atoms with van der Waals surface area (Å²) in [5.74, 6) is -0.751. The molecule has 0 bridgehead atoms. The largest absolute Gasteiger partial charge is 0.353 e. The van der Waals surface area contributed by atoms with Gasteiger partial charge in [-0.15, -0.1) is 0 Å². The average Bonchev–Trinajstić information content (AvgIpc) is 3.26. The van der Waals surface area contributed by atoms with Gasteiger partial charge in [0.25, 0.3) is 5.56 Å². The van der Waals surface area contributed by atoms with Crippen molar-refractivity contribution in [1.82, 2.24) is 14.5 Å². The van der Waals surface area contributed by atoms with Gasteiger partial charge in [0.2, 0.25) is 5.91 Å². The Morgan fingerprint density at radius 3 is 2.56 bits per heavy atom. The van der Waals surface area contributed by atoms with Crippen LogP contribution < -0.4 is 16.2 Å². The minimum atomic E-state index is -0.498. The fourth-order valence-corrected chi connectivity index (χ4v) is 4.10. The number of aromatic nitrogens is 3. The molecule has 1 atom stereocenters. The molecule has 7 nitrogen and oxygen atoms in total. The molecule has 0 radical (unpaired) electrons. The number of hydrogen-bond acceptors (Lipinski definition) is 4. The Labute approximate surface area is 206 Å². The Kier molecular flexibility index (Phi) is 6.08. The molecule has 8 heteroatoms. The predicted octanol–water partition coefficient (Wildman–Crippen LogP) is 5.55. The van der Waals surface area contributed by atoms with Crippen molar-refractivity contribution in [2.24, 2.45) is 7.05 Å². The van der Waals surface area contributed by atoms with Gasteiger partial charge in [0, 0.05) is 30.7 Å². The molecule has 3 aromatic heterocycles. The number of nitrogens with zero attached hydrogens (tertiary/aromatic N) is 2. The van der Waals surface area contributed by atoms with Crippen LogP contribution in [-0.4, -0.2) is 20.4 Å². The van der Waals surface area contributed by atoms with Crippen LogP contribution in [0.1, 0.15) is 18.4 Å². The normalized spacial score (nSPS) is 11.9. The Morgan fingerprint density at radius 1 is 1.06 bits per heavy atom. The zero-order valence-electron chi connectivity index (χ0n) is 19.7. The highest BCUT2D eigenvalue weighted by Gasteiger charge is 2.19. The summed E-state index contributed by atoms with van der Waals surface area (Å²) in [6.07, 6.45) is 3.32.